The van der Waals surface area contributed by atoms with Gasteiger partial charge < -0.3 is 15.0 Å². The number of aryl methyl sites for hydroxylation is 1. The quantitative estimate of drug-likeness (QED) is 0.688. The average Bonchev–Trinajstić information content (AvgIpc) is 3.23. The smallest absolute Gasteiger partial charge is 0.267 e. The number of hydrogen-bond acceptors (Lipinski definition) is 3. The molecular weight excluding hydrogens is 390 g/mol. The molecule has 7 heteroatoms. The Hall–Kier alpha value is -2.96. The lowest BCUT2D eigenvalue weighted by Crippen LogP contribution is -2.37. The molecule has 0 aliphatic heterocycles. The van der Waals surface area contributed by atoms with Gasteiger partial charge in [0.15, 0.2) is 0 Å². The van der Waals surface area contributed by atoms with Crippen LogP contribution < -0.4 is 15.0 Å². The summed E-state index contributed by atoms with van der Waals surface area (Å²) in [7, 11) is 1.52. The van der Waals surface area contributed by atoms with Crippen LogP contribution in [0.5, 0.6) is 11.5 Å². The van der Waals surface area contributed by atoms with E-state index in [9.17, 15) is 18.4 Å². The Morgan fingerprint density at radius 2 is 1.83 bits per heavy atom. The molecule has 0 heterocycles. The van der Waals surface area contributed by atoms with Gasteiger partial charge in [-0.25, -0.2) is 8.78 Å². The average molecular weight is 416 g/mol. The number of ether oxygens (including phenoxy) is 1. The summed E-state index contributed by atoms with van der Waals surface area (Å²) < 4.78 is 33.4. The van der Waals surface area contributed by atoms with Crippen LogP contribution in [0.2, 0.25) is 0 Å². The van der Waals surface area contributed by atoms with Gasteiger partial charge >= 0.3 is 0 Å². The van der Waals surface area contributed by atoms with E-state index in [4.69, 9.17) is 4.74 Å². The van der Waals surface area contributed by atoms with E-state index in [1.54, 1.807) is 30.0 Å². The number of carbonyl (C=O) groups excluding carboxylic acids is 2. The summed E-state index contributed by atoms with van der Waals surface area (Å²) in [6, 6.07) is 9.31. The minimum absolute atomic E-state index is 0.00427. The molecule has 0 atom stereocenters. The van der Waals surface area contributed by atoms with Gasteiger partial charge in [0.05, 0.1) is 5.56 Å². The predicted octanol–water partition coefficient (Wildman–Crippen LogP) is 5.38. The topological polar surface area (TPSA) is 58.6 Å². The van der Waals surface area contributed by atoms with E-state index in [-0.39, 0.29) is 34.9 Å². The van der Waals surface area contributed by atoms with Crippen LogP contribution in [0.15, 0.2) is 36.4 Å². The van der Waals surface area contributed by atoms with Gasteiger partial charge in [0, 0.05) is 31.3 Å². The maximum atomic E-state index is 13.8. The van der Waals surface area contributed by atoms with Crippen molar-refractivity contribution in [3.05, 3.63) is 53.1 Å². The minimum atomic E-state index is -2.78. The van der Waals surface area contributed by atoms with Crippen molar-refractivity contribution in [1.82, 2.24) is 5.32 Å². The molecule has 0 bridgehead atoms. The van der Waals surface area contributed by atoms with Crippen LogP contribution in [-0.4, -0.2) is 24.9 Å². The molecule has 1 aliphatic carbocycles. The number of benzene rings is 2. The van der Waals surface area contributed by atoms with Crippen LogP contribution in [0.1, 0.15) is 60.5 Å². The van der Waals surface area contributed by atoms with Crippen LogP contribution >= 0.6 is 0 Å². The third-order valence-corrected chi connectivity index (χ3v) is 5.44. The number of nitrogens with one attached hydrogen (secondary N) is 1. The summed E-state index contributed by atoms with van der Waals surface area (Å²) in [5, 5.41) is 2.55. The SMILES string of the molecule is CNC(=O)c1cc(Oc2ccc(N(C(C)=O)C3CCCC3)cc2C(F)F)ccc1C. The van der Waals surface area contributed by atoms with E-state index in [1.165, 1.54) is 32.2 Å². The second-order valence-electron chi connectivity index (χ2n) is 7.51. The molecule has 0 saturated heterocycles. The van der Waals surface area contributed by atoms with Crippen molar-refractivity contribution >= 4 is 17.5 Å². The van der Waals surface area contributed by atoms with E-state index in [0.29, 0.717) is 11.3 Å². The Labute approximate surface area is 175 Å². The first-order valence-electron chi connectivity index (χ1n) is 10.0. The van der Waals surface area contributed by atoms with Crippen molar-refractivity contribution in [2.45, 2.75) is 52.0 Å². The summed E-state index contributed by atoms with van der Waals surface area (Å²) in [6.07, 6.45) is 1.01. The fourth-order valence-corrected chi connectivity index (χ4v) is 3.93. The number of halogens is 2. The Balaban J connectivity index is 1.94. The third-order valence-electron chi connectivity index (χ3n) is 5.44. The van der Waals surface area contributed by atoms with Crippen molar-refractivity contribution in [3.63, 3.8) is 0 Å². The summed E-state index contributed by atoms with van der Waals surface area (Å²) in [5.41, 5.74) is 1.32. The van der Waals surface area contributed by atoms with Gasteiger partial charge in [-0.2, -0.15) is 0 Å². The molecular formula is C23H26F2N2O3. The predicted molar refractivity (Wildman–Crippen MR) is 111 cm³/mol. The second-order valence-corrected chi connectivity index (χ2v) is 7.51. The molecule has 0 aromatic heterocycles. The summed E-state index contributed by atoms with van der Waals surface area (Å²) in [4.78, 5) is 25.8. The first kappa shape index (κ1) is 21.7. The maximum absolute atomic E-state index is 13.8. The number of anilines is 1. The fourth-order valence-electron chi connectivity index (χ4n) is 3.93. The van der Waals surface area contributed by atoms with Gasteiger partial charge in [-0.05, 0) is 55.7 Å². The van der Waals surface area contributed by atoms with Gasteiger partial charge in [0.25, 0.3) is 12.3 Å². The van der Waals surface area contributed by atoms with Crippen molar-refractivity contribution < 1.29 is 23.1 Å². The van der Waals surface area contributed by atoms with Gasteiger partial charge in [-0.15, -0.1) is 0 Å². The van der Waals surface area contributed by atoms with Gasteiger partial charge in [0.1, 0.15) is 11.5 Å². The van der Waals surface area contributed by atoms with E-state index in [2.05, 4.69) is 5.32 Å². The molecule has 5 nitrogen and oxygen atoms in total. The number of nitrogens with zero attached hydrogens (tertiary/aromatic N) is 1. The van der Waals surface area contributed by atoms with Crippen molar-refractivity contribution in [3.8, 4) is 11.5 Å². The number of amides is 2. The Bertz CT molecular complexity index is 940. The first-order chi connectivity index (χ1) is 14.3. The minimum Gasteiger partial charge on any atom is -0.457 e. The number of hydrogen-bond donors (Lipinski definition) is 1. The lowest BCUT2D eigenvalue weighted by molar-refractivity contribution is -0.117. The molecule has 0 spiro atoms. The normalized spacial score (nSPS) is 14.1. The van der Waals surface area contributed by atoms with Crippen LogP contribution in [-0.2, 0) is 4.79 Å². The van der Waals surface area contributed by atoms with Crippen LogP contribution in [0, 0.1) is 6.92 Å². The lowest BCUT2D eigenvalue weighted by Gasteiger charge is -2.28. The Morgan fingerprint density at radius 1 is 1.13 bits per heavy atom. The van der Waals surface area contributed by atoms with E-state index in [0.717, 1.165) is 31.2 Å². The highest BCUT2D eigenvalue weighted by molar-refractivity contribution is 5.96. The Kier molecular flexibility index (Phi) is 6.70. The molecule has 160 valence electrons. The Morgan fingerprint density at radius 3 is 2.43 bits per heavy atom. The molecule has 1 aliphatic rings. The molecule has 1 fully saturated rings. The third kappa shape index (κ3) is 4.61. The van der Waals surface area contributed by atoms with Gasteiger partial charge in [-0.3, -0.25) is 9.59 Å². The van der Waals surface area contributed by atoms with Crippen molar-refractivity contribution in [2.24, 2.45) is 0 Å². The zero-order chi connectivity index (χ0) is 21.8. The van der Waals surface area contributed by atoms with Crippen LogP contribution in [0.25, 0.3) is 0 Å². The number of carbonyl (C=O) groups is 2. The molecule has 0 radical (unpaired) electrons. The highest BCUT2D eigenvalue weighted by atomic mass is 19.3. The number of alkyl halides is 2. The van der Waals surface area contributed by atoms with E-state index >= 15 is 0 Å². The fraction of sp³-hybridized carbons (Fsp3) is 0.391. The highest BCUT2D eigenvalue weighted by Gasteiger charge is 2.27. The second kappa shape index (κ2) is 9.24. The molecule has 2 amide bonds. The zero-order valence-corrected chi connectivity index (χ0v) is 17.4. The maximum Gasteiger partial charge on any atom is 0.267 e. The van der Waals surface area contributed by atoms with E-state index < -0.39 is 6.43 Å². The standard InChI is InChI=1S/C23H26F2N2O3/c1-14-8-10-18(13-19(14)23(29)26-3)30-21-11-9-17(12-20(21)22(24)25)27(15(2)28)16-6-4-5-7-16/h8-13,16,22H,4-7H2,1-3H3,(H,26,29). The molecule has 2 aromatic rings. The summed E-state index contributed by atoms with van der Waals surface area (Å²) in [6.45, 7) is 3.24. The van der Waals surface area contributed by atoms with Crippen LogP contribution in [0.3, 0.4) is 0 Å². The summed E-state index contributed by atoms with van der Waals surface area (Å²) in [5.74, 6) is -0.163. The molecule has 3 rings (SSSR count). The molecule has 1 N–H and O–H groups in total. The number of rotatable bonds is 6. The van der Waals surface area contributed by atoms with Gasteiger partial charge in [0.2, 0.25) is 5.91 Å². The monoisotopic (exact) mass is 416 g/mol. The summed E-state index contributed by atoms with van der Waals surface area (Å²) >= 11 is 0. The molecule has 30 heavy (non-hydrogen) atoms. The largest absolute Gasteiger partial charge is 0.457 e. The van der Waals surface area contributed by atoms with Gasteiger partial charge in [-0.1, -0.05) is 18.9 Å². The molecule has 2 aromatic carbocycles. The van der Waals surface area contributed by atoms with Crippen LogP contribution in [0.4, 0.5) is 14.5 Å². The van der Waals surface area contributed by atoms with Crippen molar-refractivity contribution in [2.75, 3.05) is 11.9 Å². The zero-order valence-electron chi connectivity index (χ0n) is 17.4. The van der Waals surface area contributed by atoms with E-state index in [1.807, 2.05) is 0 Å². The lowest BCUT2D eigenvalue weighted by atomic mass is 10.1. The first-order valence-corrected chi connectivity index (χ1v) is 10.0. The highest BCUT2D eigenvalue weighted by Crippen LogP contribution is 2.37. The van der Waals surface area contributed by atoms with Crippen molar-refractivity contribution in [1.29, 1.82) is 0 Å². The molecule has 0 unspecified atom stereocenters. The molecule has 1 saturated carbocycles.